The molecule has 0 fully saturated rings. The number of hydrogen-bond donors (Lipinski definition) is 0. The summed E-state index contributed by atoms with van der Waals surface area (Å²) in [4.78, 5) is 8.27. The fraction of sp³-hybridized carbons (Fsp3) is 0.0909. The van der Waals surface area contributed by atoms with Gasteiger partial charge in [0.15, 0.2) is 5.16 Å². The van der Waals surface area contributed by atoms with E-state index >= 15 is 0 Å². The highest BCUT2D eigenvalue weighted by molar-refractivity contribution is 14.1. The van der Waals surface area contributed by atoms with Crippen LogP contribution in [0.5, 0.6) is 11.6 Å². The molecule has 0 aliphatic heterocycles. The van der Waals surface area contributed by atoms with Crippen LogP contribution in [0.2, 0.25) is 5.15 Å². The molecule has 88 valence electrons. The quantitative estimate of drug-likeness (QED) is 0.346. The SMILES string of the molecule is CSc1nc(Cl)cc(Oc2cccc(I)c2)n1. The number of rotatable bonds is 3. The summed E-state index contributed by atoms with van der Waals surface area (Å²) in [6, 6.07) is 9.32. The van der Waals surface area contributed by atoms with E-state index in [1.54, 1.807) is 6.07 Å². The highest BCUT2D eigenvalue weighted by atomic mass is 127. The van der Waals surface area contributed by atoms with E-state index in [2.05, 4.69) is 32.6 Å². The monoisotopic (exact) mass is 378 g/mol. The van der Waals surface area contributed by atoms with Gasteiger partial charge >= 0.3 is 0 Å². The molecule has 0 bridgehead atoms. The van der Waals surface area contributed by atoms with Gasteiger partial charge in [0.2, 0.25) is 5.88 Å². The largest absolute Gasteiger partial charge is 0.439 e. The first kappa shape index (κ1) is 12.9. The maximum Gasteiger partial charge on any atom is 0.224 e. The molecule has 0 atom stereocenters. The maximum atomic E-state index is 5.88. The Morgan fingerprint density at radius 2 is 2.12 bits per heavy atom. The summed E-state index contributed by atoms with van der Waals surface area (Å²) >= 11 is 9.53. The number of benzene rings is 1. The van der Waals surface area contributed by atoms with Gasteiger partial charge in [0.1, 0.15) is 10.9 Å². The third kappa shape index (κ3) is 3.72. The van der Waals surface area contributed by atoms with Crippen molar-refractivity contribution in [2.45, 2.75) is 5.16 Å². The molecule has 0 aliphatic carbocycles. The Kier molecular flexibility index (Phi) is 4.47. The van der Waals surface area contributed by atoms with E-state index in [1.807, 2.05) is 30.5 Å². The highest BCUT2D eigenvalue weighted by Gasteiger charge is 2.04. The lowest BCUT2D eigenvalue weighted by atomic mass is 10.3. The van der Waals surface area contributed by atoms with Crippen LogP contribution in [0.25, 0.3) is 0 Å². The van der Waals surface area contributed by atoms with E-state index in [4.69, 9.17) is 16.3 Å². The van der Waals surface area contributed by atoms with E-state index in [-0.39, 0.29) is 0 Å². The van der Waals surface area contributed by atoms with Gasteiger partial charge in [-0.2, -0.15) is 4.98 Å². The van der Waals surface area contributed by atoms with Crippen LogP contribution in [0.1, 0.15) is 0 Å². The first-order valence-corrected chi connectivity index (χ1v) is 7.37. The van der Waals surface area contributed by atoms with Crippen LogP contribution in [0.15, 0.2) is 35.5 Å². The second-order valence-corrected chi connectivity index (χ2v) is 5.48. The molecular weight excluding hydrogens is 371 g/mol. The summed E-state index contributed by atoms with van der Waals surface area (Å²) in [7, 11) is 0. The maximum absolute atomic E-state index is 5.88. The molecule has 0 saturated heterocycles. The molecule has 0 N–H and O–H groups in total. The standard InChI is InChI=1S/C11H8ClIN2OS/c1-17-11-14-9(12)6-10(15-11)16-8-4-2-3-7(13)5-8/h2-6H,1H3. The van der Waals surface area contributed by atoms with Gasteiger partial charge in [-0.3, -0.25) is 0 Å². The second-order valence-electron chi connectivity index (χ2n) is 3.08. The predicted molar refractivity (Wildman–Crippen MR) is 78.1 cm³/mol. The molecule has 0 unspecified atom stereocenters. The van der Waals surface area contributed by atoms with Crippen LogP contribution in [-0.2, 0) is 0 Å². The minimum atomic E-state index is 0.380. The van der Waals surface area contributed by atoms with Crippen LogP contribution in [0.4, 0.5) is 0 Å². The van der Waals surface area contributed by atoms with Crippen molar-refractivity contribution in [3.05, 3.63) is 39.1 Å². The Hall–Kier alpha value is -0.530. The fourth-order valence-electron chi connectivity index (χ4n) is 1.17. The van der Waals surface area contributed by atoms with E-state index in [0.717, 1.165) is 9.32 Å². The minimum absolute atomic E-state index is 0.380. The molecule has 6 heteroatoms. The molecule has 3 nitrogen and oxygen atoms in total. The molecule has 2 rings (SSSR count). The molecule has 0 spiro atoms. The molecule has 1 aromatic heterocycles. The lowest BCUT2D eigenvalue weighted by molar-refractivity contribution is 0.455. The van der Waals surface area contributed by atoms with Gasteiger partial charge in [-0.05, 0) is 47.0 Å². The van der Waals surface area contributed by atoms with Crippen molar-refractivity contribution in [2.24, 2.45) is 0 Å². The highest BCUT2D eigenvalue weighted by Crippen LogP contribution is 2.24. The van der Waals surface area contributed by atoms with E-state index in [1.165, 1.54) is 11.8 Å². The van der Waals surface area contributed by atoms with Crippen LogP contribution < -0.4 is 4.74 Å². The summed E-state index contributed by atoms with van der Waals surface area (Å²) < 4.78 is 6.73. The molecule has 2 aromatic rings. The van der Waals surface area contributed by atoms with Crippen molar-refractivity contribution < 1.29 is 4.74 Å². The number of hydrogen-bond acceptors (Lipinski definition) is 4. The Morgan fingerprint density at radius 1 is 1.29 bits per heavy atom. The van der Waals surface area contributed by atoms with Crippen molar-refractivity contribution >= 4 is 46.0 Å². The van der Waals surface area contributed by atoms with Gasteiger partial charge in [-0.15, -0.1) is 0 Å². The Bertz CT molecular complexity index is 539. The zero-order valence-electron chi connectivity index (χ0n) is 8.85. The summed E-state index contributed by atoms with van der Waals surface area (Å²) in [5.41, 5.74) is 0. The number of halogens is 2. The molecule has 0 radical (unpaired) electrons. The smallest absolute Gasteiger partial charge is 0.224 e. The van der Waals surface area contributed by atoms with Gasteiger partial charge in [-0.1, -0.05) is 29.4 Å². The van der Waals surface area contributed by atoms with Gasteiger partial charge in [0, 0.05) is 9.64 Å². The number of ether oxygens (including phenoxy) is 1. The lowest BCUT2D eigenvalue weighted by Crippen LogP contribution is -1.92. The number of nitrogens with zero attached hydrogens (tertiary/aromatic N) is 2. The third-order valence-corrected chi connectivity index (χ3v) is 3.26. The molecular formula is C11H8ClIN2OS. The van der Waals surface area contributed by atoms with Crippen molar-refractivity contribution in [3.8, 4) is 11.6 Å². The topological polar surface area (TPSA) is 35.0 Å². The van der Waals surface area contributed by atoms with Gasteiger partial charge in [0.25, 0.3) is 0 Å². The first-order valence-electron chi connectivity index (χ1n) is 4.69. The van der Waals surface area contributed by atoms with Crippen molar-refractivity contribution in [1.29, 1.82) is 0 Å². The van der Waals surface area contributed by atoms with Crippen molar-refractivity contribution in [2.75, 3.05) is 6.26 Å². The summed E-state index contributed by atoms with van der Waals surface area (Å²) in [5, 5.41) is 0.975. The lowest BCUT2D eigenvalue weighted by Gasteiger charge is -2.06. The fourth-order valence-corrected chi connectivity index (χ4v) is 2.28. The summed E-state index contributed by atoms with van der Waals surface area (Å²) in [5.74, 6) is 1.19. The van der Waals surface area contributed by atoms with Crippen molar-refractivity contribution in [3.63, 3.8) is 0 Å². The summed E-state index contributed by atoms with van der Waals surface area (Å²) in [6.45, 7) is 0. The van der Waals surface area contributed by atoms with E-state index in [9.17, 15) is 0 Å². The van der Waals surface area contributed by atoms with Crippen LogP contribution in [0, 0.1) is 3.57 Å². The molecule has 1 aromatic carbocycles. The predicted octanol–water partition coefficient (Wildman–Crippen LogP) is 4.25. The van der Waals surface area contributed by atoms with Crippen molar-refractivity contribution in [1.82, 2.24) is 9.97 Å². The second kappa shape index (κ2) is 5.88. The average Bonchev–Trinajstić information content (AvgIpc) is 2.28. The third-order valence-electron chi connectivity index (χ3n) is 1.85. The zero-order valence-corrected chi connectivity index (χ0v) is 12.6. The number of thioether (sulfide) groups is 1. The number of aromatic nitrogens is 2. The van der Waals surface area contributed by atoms with Gasteiger partial charge in [0.05, 0.1) is 0 Å². The summed E-state index contributed by atoms with van der Waals surface area (Å²) in [6.07, 6.45) is 1.89. The Balaban J connectivity index is 2.26. The average molecular weight is 379 g/mol. The normalized spacial score (nSPS) is 10.3. The molecule has 0 aliphatic rings. The Morgan fingerprint density at radius 3 is 2.82 bits per heavy atom. The van der Waals surface area contributed by atoms with E-state index in [0.29, 0.717) is 16.2 Å². The van der Waals surface area contributed by atoms with Gasteiger partial charge < -0.3 is 4.74 Å². The minimum Gasteiger partial charge on any atom is -0.439 e. The first-order chi connectivity index (χ1) is 8.17. The Labute approximate surface area is 122 Å². The van der Waals surface area contributed by atoms with E-state index < -0.39 is 0 Å². The molecule has 0 saturated carbocycles. The van der Waals surface area contributed by atoms with Crippen LogP contribution in [0.3, 0.4) is 0 Å². The molecule has 1 heterocycles. The molecule has 17 heavy (non-hydrogen) atoms. The molecule has 0 amide bonds. The van der Waals surface area contributed by atoms with Crippen LogP contribution in [-0.4, -0.2) is 16.2 Å². The zero-order chi connectivity index (χ0) is 12.3. The van der Waals surface area contributed by atoms with Gasteiger partial charge in [-0.25, -0.2) is 4.98 Å². The van der Waals surface area contributed by atoms with Crippen LogP contribution >= 0.6 is 46.0 Å².